The highest BCUT2D eigenvalue weighted by molar-refractivity contribution is 9.10. The Morgan fingerprint density at radius 1 is 1.53 bits per heavy atom. The van der Waals surface area contributed by atoms with Crippen LogP contribution in [-0.2, 0) is 0 Å². The molecule has 0 spiro atoms. The van der Waals surface area contributed by atoms with Gasteiger partial charge in [-0.05, 0) is 47.0 Å². The maximum atomic E-state index is 12.7. The number of benzene rings is 1. The van der Waals surface area contributed by atoms with E-state index in [4.69, 9.17) is 0 Å². The molecule has 1 atom stereocenters. The van der Waals surface area contributed by atoms with Crippen molar-refractivity contribution in [2.75, 3.05) is 19.6 Å². The Balaban J connectivity index is 2.21. The van der Waals surface area contributed by atoms with Crippen molar-refractivity contribution < 1.29 is 4.79 Å². The van der Waals surface area contributed by atoms with Crippen molar-refractivity contribution in [3.05, 3.63) is 33.8 Å². The lowest BCUT2D eigenvalue weighted by Gasteiger charge is -2.36. The first kappa shape index (κ1) is 14.5. The summed E-state index contributed by atoms with van der Waals surface area (Å²) in [6.45, 7) is 6.78. The summed E-state index contributed by atoms with van der Waals surface area (Å²) >= 11 is 3.51. The second kappa shape index (κ2) is 6.53. The first-order chi connectivity index (χ1) is 9.13. The zero-order chi connectivity index (χ0) is 13.8. The minimum atomic E-state index is 0.145. The Morgan fingerprint density at radius 2 is 2.32 bits per heavy atom. The van der Waals surface area contributed by atoms with E-state index in [0.717, 1.165) is 48.1 Å². The molecule has 1 unspecified atom stereocenters. The highest BCUT2D eigenvalue weighted by Gasteiger charge is 2.27. The second-order valence-electron chi connectivity index (χ2n) is 5.13. The van der Waals surface area contributed by atoms with E-state index >= 15 is 0 Å². The van der Waals surface area contributed by atoms with Crippen LogP contribution in [0.1, 0.15) is 35.7 Å². The molecule has 4 heteroatoms. The van der Waals surface area contributed by atoms with E-state index in [2.05, 4.69) is 28.2 Å². The van der Waals surface area contributed by atoms with Gasteiger partial charge < -0.3 is 10.2 Å². The number of hydrogen-bond donors (Lipinski definition) is 1. The Bertz CT molecular complexity index is 459. The van der Waals surface area contributed by atoms with Crippen LogP contribution in [0.3, 0.4) is 0 Å². The molecule has 1 amide bonds. The molecule has 19 heavy (non-hydrogen) atoms. The molecule has 1 heterocycles. The Kier molecular flexibility index (Phi) is 4.99. The SMILES string of the molecule is CCCC1CNCCN1C(=O)c1ccc(C)cc1Br. The van der Waals surface area contributed by atoms with Crippen molar-refractivity contribution in [3.63, 3.8) is 0 Å². The topological polar surface area (TPSA) is 32.3 Å². The van der Waals surface area contributed by atoms with Crippen LogP contribution in [0.25, 0.3) is 0 Å². The van der Waals surface area contributed by atoms with E-state index < -0.39 is 0 Å². The summed E-state index contributed by atoms with van der Waals surface area (Å²) < 4.78 is 0.895. The highest BCUT2D eigenvalue weighted by Crippen LogP contribution is 2.22. The molecule has 104 valence electrons. The summed E-state index contributed by atoms with van der Waals surface area (Å²) in [6, 6.07) is 6.24. The summed E-state index contributed by atoms with van der Waals surface area (Å²) in [5.41, 5.74) is 1.93. The number of nitrogens with one attached hydrogen (secondary N) is 1. The standard InChI is InChI=1S/C15H21BrN2O/c1-3-4-12-10-17-7-8-18(12)15(19)13-6-5-11(2)9-14(13)16/h5-6,9,12,17H,3-4,7-8,10H2,1-2H3. The lowest BCUT2D eigenvalue weighted by Crippen LogP contribution is -2.53. The normalized spacial score (nSPS) is 19.5. The van der Waals surface area contributed by atoms with Gasteiger partial charge in [-0.15, -0.1) is 0 Å². The van der Waals surface area contributed by atoms with Crippen molar-refractivity contribution in [2.45, 2.75) is 32.7 Å². The molecule has 1 saturated heterocycles. The van der Waals surface area contributed by atoms with Gasteiger partial charge in [-0.25, -0.2) is 0 Å². The molecule has 3 nitrogen and oxygen atoms in total. The molecule has 0 bridgehead atoms. The largest absolute Gasteiger partial charge is 0.333 e. The molecule has 0 radical (unpaired) electrons. The number of amides is 1. The minimum Gasteiger partial charge on any atom is -0.333 e. The molecule has 2 rings (SSSR count). The number of hydrogen-bond acceptors (Lipinski definition) is 2. The average molecular weight is 325 g/mol. The number of carbonyl (C=O) groups is 1. The van der Waals surface area contributed by atoms with Crippen molar-refractivity contribution >= 4 is 21.8 Å². The van der Waals surface area contributed by atoms with Gasteiger partial charge in [0.15, 0.2) is 0 Å². The fourth-order valence-electron chi connectivity index (χ4n) is 2.57. The van der Waals surface area contributed by atoms with E-state index in [-0.39, 0.29) is 5.91 Å². The lowest BCUT2D eigenvalue weighted by atomic mass is 10.1. The molecular formula is C15H21BrN2O. The second-order valence-corrected chi connectivity index (χ2v) is 5.98. The summed E-state index contributed by atoms with van der Waals surface area (Å²) in [7, 11) is 0. The molecule has 0 aliphatic carbocycles. The number of carbonyl (C=O) groups excluding carboxylic acids is 1. The van der Waals surface area contributed by atoms with Crippen molar-refractivity contribution in [1.82, 2.24) is 10.2 Å². The van der Waals surface area contributed by atoms with E-state index in [1.54, 1.807) is 0 Å². The molecular weight excluding hydrogens is 304 g/mol. The molecule has 0 aromatic heterocycles. The Morgan fingerprint density at radius 3 is 3.00 bits per heavy atom. The first-order valence-corrected chi connectivity index (χ1v) is 7.70. The minimum absolute atomic E-state index is 0.145. The maximum absolute atomic E-state index is 12.7. The lowest BCUT2D eigenvalue weighted by molar-refractivity contribution is 0.0623. The van der Waals surface area contributed by atoms with Crippen LogP contribution < -0.4 is 5.32 Å². The third-order valence-electron chi connectivity index (χ3n) is 3.59. The van der Waals surface area contributed by atoms with E-state index in [1.165, 1.54) is 0 Å². The van der Waals surface area contributed by atoms with Crippen LogP contribution in [0.5, 0.6) is 0 Å². The third-order valence-corrected chi connectivity index (χ3v) is 4.24. The van der Waals surface area contributed by atoms with Crippen molar-refractivity contribution in [3.8, 4) is 0 Å². The van der Waals surface area contributed by atoms with Gasteiger partial charge in [0.25, 0.3) is 5.91 Å². The number of halogens is 1. The van der Waals surface area contributed by atoms with Gasteiger partial charge in [-0.3, -0.25) is 4.79 Å². The zero-order valence-electron chi connectivity index (χ0n) is 11.6. The van der Waals surface area contributed by atoms with Crippen molar-refractivity contribution in [2.24, 2.45) is 0 Å². The predicted octanol–water partition coefficient (Wildman–Crippen LogP) is 2.97. The van der Waals surface area contributed by atoms with Crippen LogP contribution in [0, 0.1) is 6.92 Å². The molecule has 1 fully saturated rings. The van der Waals surface area contributed by atoms with Gasteiger partial charge in [0, 0.05) is 30.1 Å². The molecule has 1 aliphatic rings. The fraction of sp³-hybridized carbons (Fsp3) is 0.533. The summed E-state index contributed by atoms with van der Waals surface area (Å²) in [4.78, 5) is 14.7. The van der Waals surface area contributed by atoms with Gasteiger partial charge in [-0.2, -0.15) is 0 Å². The fourth-order valence-corrected chi connectivity index (χ4v) is 3.23. The van der Waals surface area contributed by atoms with Crippen LogP contribution in [0.2, 0.25) is 0 Å². The molecule has 0 saturated carbocycles. The molecule has 1 N–H and O–H groups in total. The van der Waals surface area contributed by atoms with Crippen LogP contribution in [0.15, 0.2) is 22.7 Å². The smallest absolute Gasteiger partial charge is 0.255 e. The van der Waals surface area contributed by atoms with Gasteiger partial charge in [-0.1, -0.05) is 19.4 Å². The van der Waals surface area contributed by atoms with E-state index in [9.17, 15) is 4.79 Å². The van der Waals surface area contributed by atoms with Crippen LogP contribution in [0.4, 0.5) is 0 Å². The highest BCUT2D eigenvalue weighted by atomic mass is 79.9. The Hall–Kier alpha value is -0.870. The average Bonchev–Trinajstić information content (AvgIpc) is 2.39. The van der Waals surface area contributed by atoms with E-state index in [1.807, 2.05) is 30.0 Å². The summed E-state index contributed by atoms with van der Waals surface area (Å²) in [6.07, 6.45) is 2.16. The van der Waals surface area contributed by atoms with E-state index in [0.29, 0.717) is 6.04 Å². The third kappa shape index (κ3) is 3.37. The van der Waals surface area contributed by atoms with Gasteiger partial charge in [0.1, 0.15) is 0 Å². The summed E-state index contributed by atoms with van der Waals surface area (Å²) in [5, 5.41) is 3.37. The maximum Gasteiger partial charge on any atom is 0.255 e. The first-order valence-electron chi connectivity index (χ1n) is 6.91. The van der Waals surface area contributed by atoms with Crippen LogP contribution in [-0.4, -0.2) is 36.5 Å². The number of piperazine rings is 1. The van der Waals surface area contributed by atoms with Gasteiger partial charge in [0.05, 0.1) is 5.56 Å². The number of aryl methyl sites for hydroxylation is 1. The zero-order valence-corrected chi connectivity index (χ0v) is 13.2. The number of nitrogens with zero attached hydrogens (tertiary/aromatic N) is 1. The molecule has 1 aliphatic heterocycles. The van der Waals surface area contributed by atoms with Crippen molar-refractivity contribution in [1.29, 1.82) is 0 Å². The monoisotopic (exact) mass is 324 g/mol. The van der Waals surface area contributed by atoms with Gasteiger partial charge in [0.2, 0.25) is 0 Å². The summed E-state index contributed by atoms with van der Waals surface area (Å²) in [5.74, 6) is 0.145. The molecule has 1 aromatic carbocycles. The van der Waals surface area contributed by atoms with Crippen LogP contribution >= 0.6 is 15.9 Å². The predicted molar refractivity (Wildman–Crippen MR) is 81.5 cm³/mol. The van der Waals surface area contributed by atoms with Gasteiger partial charge >= 0.3 is 0 Å². The quantitative estimate of drug-likeness (QED) is 0.927. The Labute approximate surface area is 123 Å². The molecule has 1 aromatic rings. The number of rotatable bonds is 3.